The number of carbonyl (C=O) groups excluding carboxylic acids is 2. The lowest BCUT2D eigenvalue weighted by Crippen LogP contribution is -2.21. The number of aryl methyl sites for hydroxylation is 1. The molecule has 1 amide bonds. The highest BCUT2D eigenvalue weighted by molar-refractivity contribution is 7.17. The minimum Gasteiger partial charge on any atom is -0.483 e. The van der Waals surface area contributed by atoms with Crippen LogP contribution in [-0.2, 0) is 9.53 Å². The SMILES string of the molecule is CCOC(=O)c1c(NC(=O)COc2ccccc2C(C)C)sc(C)c1-c1ccccc1. The second-order valence-electron chi connectivity index (χ2n) is 7.35. The van der Waals surface area contributed by atoms with Gasteiger partial charge in [-0.15, -0.1) is 11.3 Å². The molecule has 3 rings (SSSR count). The summed E-state index contributed by atoms with van der Waals surface area (Å²) in [6.45, 7) is 7.95. The summed E-state index contributed by atoms with van der Waals surface area (Å²) in [4.78, 5) is 26.4. The number of benzene rings is 2. The van der Waals surface area contributed by atoms with Crippen molar-refractivity contribution in [3.05, 3.63) is 70.6 Å². The lowest BCUT2D eigenvalue weighted by Gasteiger charge is -2.14. The largest absolute Gasteiger partial charge is 0.483 e. The van der Waals surface area contributed by atoms with Crippen molar-refractivity contribution in [2.24, 2.45) is 0 Å². The predicted molar refractivity (Wildman–Crippen MR) is 125 cm³/mol. The Labute approximate surface area is 187 Å². The van der Waals surface area contributed by atoms with Crippen LogP contribution < -0.4 is 10.1 Å². The Hall–Kier alpha value is -3.12. The smallest absolute Gasteiger partial charge is 0.341 e. The number of ether oxygens (including phenoxy) is 2. The predicted octanol–water partition coefficient (Wildman–Crippen LogP) is 6.04. The molecule has 31 heavy (non-hydrogen) atoms. The summed E-state index contributed by atoms with van der Waals surface area (Å²) in [5, 5.41) is 3.33. The Morgan fingerprint density at radius 2 is 1.71 bits per heavy atom. The van der Waals surface area contributed by atoms with E-state index in [0.29, 0.717) is 16.3 Å². The molecule has 5 nitrogen and oxygen atoms in total. The maximum Gasteiger partial charge on any atom is 0.341 e. The molecule has 0 aliphatic carbocycles. The highest BCUT2D eigenvalue weighted by Gasteiger charge is 2.25. The van der Waals surface area contributed by atoms with E-state index in [-0.39, 0.29) is 25.0 Å². The van der Waals surface area contributed by atoms with Gasteiger partial charge in [0.1, 0.15) is 16.3 Å². The van der Waals surface area contributed by atoms with E-state index < -0.39 is 5.97 Å². The van der Waals surface area contributed by atoms with Crippen molar-refractivity contribution in [2.45, 2.75) is 33.6 Å². The van der Waals surface area contributed by atoms with Gasteiger partial charge in [0.2, 0.25) is 0 Å². The number of para-hydroxylation sites is 1. The van der Waals surface area contributed by atoms with Gasteiger partial charge in [0.05, 0.1) is 6.61 Å². The Morgan fingerprint density at radius 1 is 1.03 bits per heavy atom. The standard InChI is InChI=1S/C25H27NO4S/c1-5-29-25(28)23-22(18-11-7-6-8-12-18)17(4)31-24(23)26-21(27)15-30-20-14-10-9-13-19(20)16(2)3/h6-14,16H,5,15H2,1-4H3,(H,26,27). The van der Waals surface area contributed by atoms with Crippen molar-refractivity contribution >= 4 is 28.2 Å². The molecular weight excluding hydrogens is 410 g/mol. The molecule has 1 heterocycles. The number of carbonyl (C=O) groups is 2. The van der Waals surface area contributed by atoms with Gasteiger partial charge in [-0.25, -0.2) is 4.79 Å². The molecule has 1 aromatic heterocycles. The number of esters is 1. The molecule has 0 aliphatic heterocycles. The molecule has 3 aromatic rings. The van der Waals surface area contributed by atoms with Crippen molar-refractivity contribution in [3.63, 3.8) is 0 Å². The molecule has 2 aromatic carbocycles. The summed E-state index contributed by atoms with van der Waals surface area (Å²) in [7, 11) is 0. The molecule has 0 radical (unpaired) electrons. The first-order valence-electron chi connectivity index (χ1n) is 10.3. The van der Waals surface area contributed by atoms with E-state index in [4.69, 9.17) is 9.47 Å². The molecule has 0 bridgehead atoms. The number of nitrogens with one attached hydrogen (secondary N) is 1. The first-order chi connectivity index (χ1) is 14.9. The van der Waals surface area contributed by atoms with E-state index in [0.717, 1.165) is 21.6 Å². The van der Waals surface area contributed by atoms with Crippen LogP contribution in [-0.4, -0.2) is 25.1 Å². The number of hydrogen-bond donors (Lipinski definition) is 1. The van der Waals surface area contributed by atoms with Crippen LogP contribution in [0, 0.1) is 6.92 Å². The van der Waals surface area contributed by atoms with Gasteiger partial charge in [-0.05, 0) is 37.0 Å². The minimum absolute atomic E-state index is 0.149. The third-order valence-electron chi connectivity index (χ3n) is 4.78. The van der Waals surface area contributed by atoms with Crippen LogP contribution in [0.1, 0.15) is 47.5 Å². The molecule has 0 saturated carbocycles. The van der Waals surface area contributed by atoms with Crippen LogP contribution in [0.15, 0.2) is 54.6 Å². The normalized spacial score (nSPS) is 10.7. The molecule has 6 heteroatoms. The summed E-state index contributed by atoms with van der Waals surface area (Å²) in [6.07, 6.45) is 0. The van der Waals surface area contributed by atoms with Crippen LogP contribution in [0.2, 0.25) is 0 Å². The molecular formula is C25H27NO4S. The van der Waals surface area contributed by atoms with E-state index >= 15 is 0 Å². The molecule has 0 spiro atoms. The van der Waals surface area contributed by atoms with E-state index in [1.807, 2.05) is 61.5 Å². The quantitative estimate of drug-likeness (QED) is 0.436. The van der Waals surface area contributed by atoms with Crippen LogP contribution in [0.4, 0.5) is 5.00 Å². The minimum atomic E-state index is -0.452. The van der Waals surface area contributed by atoms with Gasteiger partial charge in [-0.1, -0.05) is 62.4 Å². The lowest BCUT2D eigenvalue weighted by molar-refractivity contribution is -0.118. The molecule has 0 atom stereocenters. The average Bonchev–Trinajstić information content (AvgIpc) is 3.08. The molecule has 0 fully saturated rings. The fourth-order valence-electron chi connectivity index (χ4n) is 3.38. The maximum absolute atomic E-state index is 12.8. The van der Waals surface area contributed by atoms with Crippen molar-refractivity contribution in [1.29, 1.82) is 0 Å². The van der Waals surface area contributed by atoms with Crippen molar-refractivity contribution in [2.75, 3.05) is 18.5 Å². The van der Waals surface area contributed by atoms with E-state index in [1.165, 1.54) is 11.3 Å². The Bertz CT molecular complexity index is 1060. The molecule has 1 N–H and O–H groups in total. The summed E-state index contributed by atoms with van der Waals surface area (Å²) in [6, 6.07) is 17.3. The lowest BCUT2D eigenvalue weighted by atomic mass is 10.0. The van der Waals surface area contributed by atoms with Crippen molar-refractivity contribution in [1.82, 2.24) is 0 Å². The Morgan fingerprint density at radius 3 is 2.39 bits per heavy atom. The highest BCUT2D eigenvalue weighted by atomic mass is 32.1. The summed E-state index contributed by atoms with van der Waals surface area (Å²) >= 11 is 1.36. The summed E-state index contributed by atoms with van der Waals surface area (Å²) < 4.78 is 11.1. The van der Waals surface area contributed by atoms with Crippen LogP contribution >= 0.6 is 11.3 Å². The number of hydrogen-bond acceptors (Lipinski definition) is 5. The van der Waals surface area contributed by atoms with E-state index in [1.54, 1.807) is 6.92 Å². The van der Waals surface area contributed by atoms with Gasteiger partial charge in [0, 0.05) is 10.4 Å². The van der Waals surface area contributed by atoms with Crippen molar-refractivity contribution in [3.8, 4) is 16.9 Å². The first kappa shape index (κ1) is 22.6. The molecule has 162 valence electrons. The third kappa shape index (κ3) is 5.33. The zero-order valence-corrected chi connectivity index (χ0v) is 19.0. The van der Waals surface area contributed by atoms with Gasteiger partial charge in [-0.3, -0.25) is 4.79 Å². The average molecular weight is 438 g/mol. The van der Waals surface area contributed by atoms with Crippen LogP contribution in [0.25, 0.3) is 11.1 Å². The van der Waals surface area contributed by atoms with Gasteiger partial charge in [0.15, 0.2) is 6.61 Å². The number of anilines is 1. The molecule has 0 aliphatic rings. The Kier molecular flexibility index (Phi) is 7.47. The monoisotopic (exact) mass is 437 g/mol. The highest BCUT2D eigenvalue weighted by Crippen LogP contribution is 2.40. The van der Waals surface area contributed by atoms with Crippen LogP contribution in [0.3, 0.4) is 0 Å². The number of thiophene rings is 1. The van der Waals surface area contributed by atoms with E-state index in [2.05, 4.69) is 19.2 Å². The van der Waals surface area contributed by atoms with Crippen molar-refractivity contribution < 1.29 is 19.1 Å². The number of rotatable bonds is 8. The van der Waals surface area contributed by atoms with Gasteiger partial charge in [-0.2, -0.15) is 0 Å². The second kappa shape index (κ2) is 10.3. The summed E-state index contributed by atoms with van der Waals surface area (Å²) in [5.74, 6) is 0.186. The zero-order valence-electron chi connectivity index (χ0n) is 18.2. The second-order valence-corrected chi connectivity index (χ2v) is 8.58. The summed E-state index contributed by atoms with van der Waals surface area (Å²) in [5.41, 5.74) is 3.11. The maximum atomic E-state index is 12.8. The van der Waals surface area contributed by atoms with Gasteiger partial charge >= 0.3 is 5.97 Å². The Balaban J connectivity index is 1.84. The molecule has 0 unspecified atom stereocenters. The first-order valence-corrected chi connectivity index (χ1v) is 11.1. The fraction of sp³-hybridized carbons (Fsp3) is 0.280. The fourth-order valence-corrected chi connectivity index (χ4v) is 4.46. The number of amides is 1. The zero-order chi connectivity index (χ0) is 22.4. The van der Waals surface area contributed by atoms with Gasteiger partial charge < -0.3 is 14.8 Å². The third-order valence-corrected chi connectivity index (χ3v) is 5.80. The topological polar surface area (TPSA) is 64.6 Å². The molecule has 0 saturated heterocycles. The van der Waals surface area contributed by atoms with Gasteiger partial charge in [0.25, 0.3) is 5.91 Å². The van der Waals surface area contributed by atoms with E-state index in [9.17, 15) is 9.59 Å². The van der Waals surface area contributed by atoms with Crippen LogP contribution in [0.5, 0.6) is 5.75 Å².